The van der Waals surface area contributed by atoms with E-state index in [0.717, 1.165) is 6.42 Å². The highest BCUT2D eigenvalue weighted by Crippen LogP contribution is 2.31. The van der Waals surface area contributed by atoms with Crippen molar-refractivity contribution in [2.24, 2.45) is 17.8 Å². The van der Waals surface area contributed by atoms with E-state index in [0.29, 0.717) is 17.6 Å². The Kier molecular flexibility index (Phi) is 2.71. The van der Waals surface area contributed by atoms with Gasteiger partial charge in [-0.05, 0) is 31.3 Å². The van der Waals surface area contributed by atoms with Crippen LogP contribution in [0.4, 0.5) is 0 Å². The molecular weight excluding hydrogens is 148 g/mol. The fourth-order valence-corrected chi connectivity index (χ4v) is 1.95. The van der Waals surface area contributed by atoms with Gasteiger partial charge >= 0.3 is 0 Å². The van der Waals surface area contributed by atoms with E-state index >= 15 is 0 Å². The Hall–Kier alpha value is -0.590. The molecule has 0 heterocycles. The van der Waals surface area contributed by atoms with Crippen LogP contribution in [0.1, 0.15) is 34.1 Å². The lowest BCUT2D eigenvalue weighted by Gasteiger charge is -2.28. The Bertz CT molecular complexity index is 213. The molecule has 1 aliphatic carbocycles. The Morgan fingerprint density at radius 1 is 1.50 bits per heavy atom. The minimum absolute atomic E-state index is 0.237. The maximum atomic E-state index is 11.3. The summed E-state index contributed by atoms with van der Waals surface area (Å²) in [6.07, 6.45) is 2.87. The van der Waals surface area contributed by atoms with E-state index in [9.17, 15) is 4.79 Å². The van der Waals surface area contributed by atoms with Crippen LogP contribution in [-0.4, -0.2) is 5.78 Å². The monoisotopic (exact) mass is 166 g/mol. The van der Waals surface area contributed by atoms with Crippen LogP contribution in [0.5, 0.6) is 0 Å². The zero-order valence-electron chi connectivity index (χ0n) is 8.42. The van der Waals surface area contributed by atoms with Gasteiger partial charge in [-0.1, -0.05) is 26.3 Å². The van der Waals surface area contributed by atoms with Crippen LogP contribution in [0.25, 0.3) is 0 Å². The van der Waals surface area contributed by atoms with Crippen LogP contribution in [0.15, 0.2) is 11.6 Å². The molecule has 2 atom stereocenters. The van der Waals surface area contributed by atoms with Crippen LogP contribution in [0.3, 0.4) is 0 Å². The summed E-state index contributed by atoms with van der Waals surface area (Å²) in [5, 5.41) is 0. The highest BCUT2D eigenvalue weighted by molar-refractivity contribution is 5.93. The highest BCUT2D eigenvalue weighted by atomic mass is 16.1. The van der Waals surface area contributed by atoms with Gasteiger partial charge in [-0.15, -0.1) is 0 Å². The smallest absolute Gasteiger partial charge is 0.158 e. The van der Waals surface area contributed by atoms with Crippen molar-refractivity contribution in [1.29, 1.82) is 0 Å². The van der Waals surface area contributed by atoms with E-state index < -0.39 is 0 Å². The summed E-state index contributed by atoms with van der Waals surface area (Å²) >= 11 is 0. The minimum atomic E-state index is 0.237. The predicted octanol–water partition coefficient (Wildman–Crippen LogP) is 2.81. The van der Waals surface area contributed by atoms with Gasteiger partial charge in [0.15, 0.2) is 5.78 Å². The molecule has 0 bridgehead atoms. The lowest BCUT2D eigenvalue weighted by molar-refractivity contribution is -0.118. The summed E-state index contributed by atoms with van der Waals surface area (Å²) in [5.74, 6) is 1.83. The molecule has 1 rings (SSSR count). The molecule has 1 heteroatoms. The molecule has 0 fully saturated rings. The summed E-state index contributed by atoms with van der Waals surface area (Å²) < 4.78 is 0. The van der Waals surface area contributed by atoms with Crippen molar-refractivity contribution in [2.45, 2.75) is 34.1 Å². The standard InChI is InChI=1S/C11H18O/c1-7(2)10-5-9(4)11(12)6-8(10)3/h6-7,9-10H,5H2,1-4H3/t9-,10-/m0/s1. The predicted molar refractivity (Wildman–Crippen MR) is 50.9 cm³/mol. The van der Waals surface area contributed by atoms with Crippen molar-refractivity contribution >= 4 is 5.78 Å². The molecule has 0 aromatic rings. The number of carbonyl (C=O) groups is 1. The van der Waals surface area contributed by atoms with Gasteiger partial charge in [0, 0.05) is 5.92 Å². The zero-order chi connectivity index (χ0) is 9.30. The second-order valence-corrected chi connectivity index (χ2v) is 4.28. The number of hydrogen-bond donors (Lipinski definition) is 0. The highest BCUT2D eigenvalue weighted by Gasteiger charge is 2.26. The normalized spacial score (nSPS) is 30.8. The number of hydrogen-bond acceptors (Lipinski definition) is 1. The number of allylic oxidation sites excluding steroid dienone is 2. The average molecular weight is 166 g/mol. The third-order valence-corrected chi connectivity index (χ3v) is 2.85. The maximum absolute atomic E-state index is 11.3. The molecule has 0 N–H and O–H groups in total. The van der Waals surface area contributed by atoms with Gasteiger partial charge in [0.2, 0.25) is 0 Å². The van der Waals surface area contributed by atoms with Gasteiger partial charge in [-0.25, -0.2) is 0 Å². The summed E-state index contributed by atoms with van der Waals surface area (Å²) in [7, 11) is 0. The first-order valence-corrected chi connectivity index (χ1v) is 4.74. The molecule has 0 radical (unpaired) electrons. The molecule has 0 aromatic carbocycles. The summed E-state index contributed by atoms with van der Waals surface area (Å²) in [6.45, 7) is 8.56. The molecular formula is C11H18O. The molecule has 0 saturated heterocycles. The van der Waals surface area contributed by atoms with Gasteiger partial charge in [0.25, 0.3) is 0 Å². The van der Waals surface area contributed by atoms with Crippen LogP contribution in [0.2, 0.25) is 0 Å². The maximum Gasteiger partial charge on any atom is 0.158 e. The van der Waals surface area contributed by atoms with Crippen LogP contribution in [0, 0.1) is 17.8 Å². The van der Waals surface area contributed by atoms with Crippen molar-refractivity contribution in [3.8, 4) is 0 Å². The van der Waals surface area contributed by atoms with E-state index in [1.165, 1.54) is 5.57 Å². The van der Waals surface area contributed by atoms with Crippen molar-refractivity contribution in [1.82, 2.24) is 0 Å². The third-order valence-electron chi connectivity index (χ3n) is 2.85. The molecule has 0 saturated carbocycles. The lowest BCUT2D eigenvalue weighted by atomic mass is 9.76. The van der Waals surface area contributed by atoms with E-state index in [-0.39, 0.29) is 5.92 Å². The Morgan fingerprint density at radius 2 is 2.08 bits per heavy atom. The molecule has 12 heavy (non-hydrogen) atoms. The van der Waals surface area contributed by atoms with Crippen LogP contribution >= 0.6 is 0 Å². The largest absolute Gasteiger partial charge is 0.295 e. The summed E-state index contributed by atoms with van der Waals surface area (Å²) in [5.41, 5.74) is 1.27. The first-order valence-electron chi connectivity index (χ1n) is 4.74. The SMILES string of the molecule is CC1=CC(=O)[C@@H](C)C[C@H]1C(C)C. The van der Waals surface area contributed by atoms with Gasteiger partial charge in [-0.3, -0.25) is 4.79 Å². The molecule has 0 aliphatic heterocycles. The number of carbonyl (C=O) groups excluding carboxylic acids is 1. The van der Waals surface area contributed by atoms with Crippen molar-refractivity contribution in [3.05, 3.63) is 11.6 Å². The van der Waals surface area contributed by atoms with Gasteiger partial charge < -0.3 is 0 Å². The minimum Gasteiger partial charge on any atom is -0.295 e. The molecule has 0 aromatic heterocycles. The fraction of sp³-hybridized carbons (Fsp3) is 0.727. The molecule has 0 spiro atoms. The van der Waals surface area contributed by atoms with Gasteiger partial charge in [0.1, 0.15) is 0 Å². The van der Waals surface area contributed by atoms with Gasteiger partial charge in [-0.2, -0.15) is 0 Å². The van der Waals surface area contributed by atoms with Crippen LogP contribution < -0.4 is 0 Å². The third kappa shape index (κ3) is 1.77. The Morgan fingerprint density at radius 3 is 2.58 bits per heavy atom. The summed E-state index contributed by atoms with van der Waals surface area (Å²) in [6, 6.07) is 0. The van der Waals surface area contributed by atoms with E-state index in [2.05, 4.69) is 20.8 Å². The van der Waals surface area contributed by atoms with Crippen molar-refractivity contribution in [3.63, 3.8) is 0 Å². The Labute approximate surface area is 74.9 Å². The number of rotatable bonds is 1. The fourth-order valence-electron chi connectivity index (χ4n) is 1.95. The molecule has 68 valence electrons. The van der Waals surface area contributed by atoms with Crippen molar-refractivity contribution in [2.75, 3.05) is 0 Å². The topological polar surface area (TPSA) is 17.1 Å². The van der Waals surface area contributed by atoms with E-state index in [1.54, 1.807) is 0 Å². The van der Waals surface area contributed by atoms with E-state index in [4.69, 9.17) is 0 Å². The second-order valence-electron chi connectivity index (χ2n) is 4.28. The molecule has 0 unspecified atom stereocenters. The Balaban J connectivity index is 2.81. The first kappa shape index (κ1) is 9.50. The molecule has 1 aliphatic rings. The van der Waals surface area contributed by atoms with Crippen molar-refractivity contribution < 1.29 is 4.79 Å². The van der Waals surface area contributed by atoms with E-state index in [1.807, 2.05) is 13.0 Å². The zero-order valence-corrected chi connectivity index (χ0v) is 8.42. The van der Waals surface area contributed by atoms with Crippen LogP contribution in [-0.2, 0) is 4.79 Å². The lowest BCUT2D eigenvalue weighted by Crippen LogP contribution is -2.24. The second kappa shape index (κ2) is 3.42. The average Bonchev–Trinajstić information content (AvgIpc) is 1.96. The summed E-state index contributed by atoms with van der Waals surface area (Å²) in [4.78, 5) is 11.3. The first-order chi connectivity index (χ1) is 5.52. The number of ketones is 1. The van der Waals surface area contributed by atoms with Gasteiger partial charge in [0.05, 0.1) is 0 Å². The molecule has 1 nitrogen and oxygen atoms in total. The molecule has 0 amide bonds. The quantitative estimate of drug-likeness (QED) is 0.585.